The van der Waals surface area contributed by atoms with Crippen molar-refractivity contribution in [2.24, 2.45) is 5.73 Å². The molecule has 1 aliphatic rings. The minimum absolute atomic E-state index is 0.0540. The second-order valence-corrected chi connectivity index (χ2v) is 3.41. The third-order valence-corrected chi connectivity index (χ3v) is 2.39. The van der Waals surface area contributed by atoms with E-state index in [0.717, 1.165) is 30.1 Å². The molecule has 0 bridgehead atoms. The van der Waals surface area contributed by atoms with Gasteiger partial charge in [0.25, 0.3) is 0 Å². The molecule has 0 saturated carbocycles. The topological polar surface area (TPSA) is 60.2 Å². The van der Waals surface area contributed by atoms with Crippen molar-refractivity contribution < 1.29 is 4.74 Å². The first kappa shape index (κ1) is 9.27. The summed E-state index contributed by atoms with van der Waals surface area (Å²) < 4.78 is 5.48. The summed E-state index contributed by atoms with van der Waals surface area (Å²) in [5.41, 5.74) is 6.95. The number of anilines is 1. The third kappa shape index (κ3) is 1.65. The number of aromatic nitrogens is 1. The van der Waals surface area contributed by atoms with Gasteiger partial charge in [0, 0.05) is 12.2 Å². The van der Waals surface area contributed by atoms with Crippen molar-refractivity contribution in [3.63, 3.8) is 0 Å². The molecule has 1 unspecified atom stereocenters. The highest BCUT2D eigenvalue weighted by Gasteiger charge is 2.13. The number of pyridine rings is 1. The van der Waals surface area contributed by atoms with Gasteiger partial charge >= 0.3 is 0 Å². The zero-order valence-electron chi connectivity index (χ0n) is 8.29. The first-order valence-electron chi connectivity index (χ1n) is 4.93. The van der Waals surface area contributed by atoms with Crippen LogP contribution in [-0.4, -0.2) is 18.1 Å². The van der Waals surface area contributed by atoms with Gasteiger partial charge < -0.3 is 15.8 Å². The lowest BCUT2D eigenvalue weighted by atomic mass is 10.1. The molecule has 2 rings (SSSR count). The summed E-state index contributed by atoms with van der Waals surface area (Å²) in [5, 5.41) is 3.17. The summed E-state index contributed by atoms with van der Waals surface area (Å²) in [5.74, 6) is 1.64. The largest absolute Gasteiger partial charge is 0.488 e. The van der Waals surface area contributed by atoms with Crippen LogP contribution in [0.25, 0.3) is 0 Å². The Morgan fingerprint density at radius 2 is 2.57 bits per heavy atom. The van der Waals surface area contributed by atoms with Gasteiger partial charge in [-0.1, -0.05) is 6.92 Å². The number of rotatable bonds is 2. The molecule has 1 aromatic heterocycles. The molecule has 3 N–H and O–H groups in total. The van der Waals surface area contributed by atoms with Gasteiger partial charge in [-0.2, -0.15) is 0 Å². The molecule has 2 heterocycles. The van der Waals surface area contributed by atoms with Crippen molar-refractivity contribution in [1.29, 1.82) is 0 Å². The summed E-state index contributed by atoms with van der Waals surface area (Å²) in [6.07, 6.45) is 2.72. The van der Waals surface area contributed by atoms with Crippen LogP contribution in [0.2, 0.25) is 0 Å². The summed E-state index contributed by atoms with van der Waals surface area (Å²) in [6, 6.07) is 2.03. The molecule has 0 saturated heterocycles. The lowest BCUT2D eigenvalue weighted by Gasteiger charge is -2.19. The number of nitrogens with zero attached hydrogens (tertiary/aromatic N) is 1. The lowest BCUT2D eigenvalue weighted by Crippen LogP contribution is -2.20. The van der Waals surface area contributed by atoms with E-state index in [1.54, 1.807) is 0 Å². The molecule has 14 heavy (non-hydrogen) atoms. The van der Waals surface area contributed by atoms with Gasteiger partial charge in [-0.15, -0.1) is 0 Å². The van der Waals surface area contributed by atoms with Crippen molar-refractivity contribution in [2.45, 2.75) is 19.4 Å². The van der Waals surface area contributed by atoms with Crippen LogP contribution in [0.15, 0.2) is 12.3 Å². The van der Waals surface area contributed by atoms with Gasteiger partial charge in [0.05, 0.1) is 6.54 Å². The van der Waals surface area contributed by atoms with E-state index < -0.39 is 0 Å². The van der Waals surface area contributed by atoms with Crippen LogP contribution in [-0.2, 0) is 0 Å². The molecule has 0 radical (unpaired) electrons. The minimum Gasteiger partial charge on any atom is -0.488 e. The molecule has 0 fully saturated rings. The molecule has 4 heteroatoms. The highest BCUT2D eigenvalue weighted by Crippen LogP contribution is 2.27. The predicted molar refractivity (Wildman–Crippen MR) is 55.4 cm³/mol. The van der Waals surface area contributed by atoms with Gasteiger partial charge in [0.1, 0.15) is 6.61 Å². The number of nitrogens with two attached hydrogens (primary N) is 1. The first-order chi connectivity index (χ1) is 6.81. The zero-order valence-corrected chi connectivity index (χ0v) is 8.29. The maximum atomic E-state index is 5.91. The molecule has 1 aliphatic heterocycles. The van der Waals surface area contributed by atoms with E-state index in [-0.39, 0.29) is 6.04 Å². The molecule has 4 nitrogen and oxygen atoms in total. The quantitative estimate of drug-likeness (QED) is 0.743. The van der Waals surface area contributed by atoms with Gasteiger partial charge in [0.15, 0.2) is 11.6 Å². The Bertz CT molecular complexity index is 327. The van der Waals surface area contributed by atoms with E-state index in [1.165, 1.54) is 0 Å². The Labute approximate surface area is 83.5 Å². The molecule has 0 amide bonds. The Balaban J connectivity index is 2.29. The fourth-order valence-corrected chi connectivity index (χ4v) is 1.47. The van der Waals surface area contributed by atoms with Gasteiger partial charge in [-0.05, 0) is 18.1 Å². The third-order valence-electron chi connectivity index (χ3n) is 2.39. The van der Waals surface area contributed by atoms with Crippen LogP contribution in [0.4, 0.5) is 5.82 Å². The second-order valence-electron chi connectivity index (χ2n) is 3.41. The van der Waals surface area contributed by atoms with Crippen LogP contribution >= 0.6 is 0 Å². The van der Waals surface area contributed by atoms with Crippen molar-refractivity contribution >= 4 is 5.82 Å². The van der Waals surface area contributed by atoms with E-state index in [2.05, 4.69) is 17.2 Å². The SMILES string of the molecule is CCC(N)c1cnc2c(c1)OCCN2. The van der Waals surface area contributed by atoms with E-state index in [1.807, 2.05) is 12.3 Å². The molecule has 1 aromatic rings. The Kier molecular flexibility index (Phi) is 2.54. The average Bonchev–Trinajstić information content (AvgIpc) is 2.27. The smallest absolute Gasteiger partial charge is 0.168 e. The average molecular weight is 193 g/mol. The monoisotopic (exact) mass is 193 g/mol. The van der Waals surface area contributed by atoms with E-state index in [0.29, 0.717) is 6.61 Å². The number of nitrogens with one attached hydrogen (secondary N) is 1. The Morgan fingerprint density at radius 3 is 3.36 bits per heavy atom. The lowest BCUT2D eigenvalue weighted by molar-refractivity contribution is 0.320. The highest BCUT2D eigenvalue weighted by atomic mass is 16.5. The normalized spacial score (nSPS) is 16.4. The van der Waals surface area contributed by atoms with E-state index >= 15 is 0 Å². The minimum atomic E-state index is 0.0540. The van der Waals surface area contributed by atoms with Crippen LogP contribution in [0.1, 0.15) is 24.9 Å². The fourth-order valence-electron chi connectivity index (χ4n) is 1.47. The van der Waals surface area contributed by atoms with Crippen LogP contribution in [0.5, 0.6) is 5.75 Å². The van der Waals surface area contributed by atoms with Crippen LogP contribution in [0.3, 0.4) is 0 Å². The van der Waals surface area contributed by atoms with Gasteiger partial charge in [0.2, 0.25) is 0 Å². The maximum Gasteiger partial charge on any atom is 0.168 e. The van der Waals surface area contributed by atoms with Crippen LogP contribution < -0.4 is 15.8 Å². The predicted octanol–water partition coefficient (Wildman–Crippen LogP) is 1.30. The number of fused-ring (bicyclic) bond motifs is 1. The maximum absolute atomic E-state index is 5.91. The van der Waals surface area contributed by atoms with Gasteiger partial charge in [-0.25, -0.2) is 4.98 Å². The van der Waals surface area contributed by atoms with Crippen LogP contribution in [0, 0.1) is 0 Å². The molecule has 1 atom stereocenters. The van der Waals surface area contributed by atoms with Crippen molar-refractivity contribution in [2.75, 3.05) is 18.5 Å². The Morgan fingerprint density at radius 1 is 1.71 bits per heavy atom. The summed E-state index contributed by atoms with van der Waals surface area (Å²) in [6.45, 7) is 3.57. The molecule has 0 spiro atoms. The highest BCUT2D eigenvalue weighted by molar-refractivity contribution is 5.52. The van der Waals surface area contributed by atoms with Crippen molar-refractivity contribution in [3.05, 3.63) is 17.8 Å². The molecular weight excluding hydrogens is 178 g/mol. The zero-order chi connectivity index (χ0) is 9.97. The van der Waals surface area contributed by atoms with E-state index in [9.17, 15) is 0 Å². The molecule has 0 aromatic carbocycles. The number of hydrogen-bond donors (Lipinski definition) is 2. The first-order valence-corrected chi connectivity index (χ1v) is 4.93. The second kappa shape index (κ2) is 3.84. The molecular formula is C10H15N3O. The number of hydrogen-bond acceptors (Lipinski definition) is 4. The summed E-state index contributed by atoms with van der Waals surface area (Å²) >= 11 is 0. The molecule has 76 valence electrons. The van der Waals surface area contributed by atoms with Crippen molar-refractivity contribution in [1.82, 2.24) is 4.98 Å². The van der Waals surface area contributed by atoms with E-state index in [4.69, 9.17) is 10.5 Å². The summed E-state index contributed by atoms with van der Waals surface area (Å²) in [4.78, 5) is 4.27. The Hall–Kier alpha value is -1.29. The molecule has 0 aliphatic carbocycles. The summed E-state index contributed by atoms with van der Waals surface area (Å²) in [7, 11) is 0. The fraction of sp³-hybridized carbons (Fsp3) is 0.500. The van der Waals surface area contributed by atoms with Crippen molar-refractivity contribution in [3.8, 4) is 5.75 Å². The van der Waals surface area contributed by atoms with Gasteiger partial charge in [-0.3, -0.25) is 0 Å². The standard InChI is InChI=1S/C10H15N3O/c1-2-8(11)7-5-9-10(13-6-7)12-3-4-14-9/h5-6,8H,2-4,11H2,1H3,(H,12,13). The number of ether oxygens (including phenoxy) is 1.